The van der Waals surface area contributed by atoms with Crippen molar-refractivity contribution in [2.75, 3.05) is 0 Å². The molecular weight excluding hydrogens is 268 g/mol. The van der Waals surface area contributed by atoms with E-state index < -0.39 is 0 Å². The largest absolute Gasteiger partial charge is 0.387 e. The minimum Gasteiger partial charge on any atom is -0.387 e. The molecule has 1 aliphatic heterocycles. The van der Waals surface area contributed by atoms with Gasteiger partial charge in [-0.15, -0.1) is 0 Å². The van der Waals surface area contributed by atoms with Gasteiger partial charge in [0.05, 0.1) is 11.8 Å². The molecule has 1 aromatic rings. The minimum atomic E-state index is -0.328. The molecule has 1 atom stereocenters. The third-order valence-corrected chi connectivity index (χ3v) is 4.47. The molecule has 4 heteroatoms. The van der Waals surface area contributed by atoms with E-state index in [-0.39, 0.29) is 6.10 Å². The van der Waals surface area contributed by atoms with Crippen molar-refractivity contribution in [2.24, 2.45) is 0 Å². The van der Waals surface area contributed by atoms with E-state index in [1.165, 1.54) is 31.5 Å². The monoisotopic (exact) mass is 284 g/mol. The molecule has 16 heavy (non-hydrogen) atoms. The number of nitrogens with zero attached hydrogens (tertiary/aromatic N) is 2. The lowest BCUT2D eigenvalue weighted by Gasteiger charge is -2.23. The molecule has 3 rings (SSSR count). The highest BCUT2D eigenvalue weighted by Gasteiger charge is 2.29. The molecule has 0 spiro atoms. The van der Waals surface area contributed by atoms with Gasteiger partial charge >= 0.3 is 0 Å². The summed E-state index contributed by atoms with van der Waals surface area (Å²) in [5.41, 5.74) is 1.01. The number of imidazole rings is 1. The standard InChI is InChI=1S/C12H17BrN2O/c13-11-10-9(16)6-3-7-15(10)12(14-11)8-4-1-2-5-8/h8-9,16H,1-7H2. The fourth-order valence-electron chi connectivity index (χ4n) is 3.08. The Morgan fingerprint density at radius 1 is 1.19 bits per heavy atom. The summed E-state index contributed by atoms with van der Waals surface area (Å²) in [5.74, 6) is 1.83. The molecule has 3 nitrogen and oxygen atoms in total. The fourth-order valence-corrected chi connectivity index (χ4v) is 3.74. The zero-order valence-electron chi connectivity index (χ0n) is 9.32. The number of rotatable bonds is 1. The van der Waals surface area contributed by atoms with Crippen molar-refractivity contribution in [3.05, 3.63) is 16.1 Å². The average Bonchev–Trinajstić information content (AvgIpc) is 2.86. The van der Waals surface area contributed by atoms with Crippen LogP contribution in [0.1, 0.15) is 62.1 Å². The van der Waals surface area contributed by atoms with E-state index in [1.54, 1.807) is 0 Å². The Bertz CT molecular complexity index is 396. The van der Waals surface area contributed by atoms with E-state index in [1.807, 2.05) is 0 Å². The Kier molecular flexibility index (Phi) is 2.80. The first-order valence-corrected chi connectivity index (χ1v) is 7.00. The molecule has 0 bridgehead atoms. The maximum absolute atomic E-state index is 10.0. The topological polar surface area (TPSA) is 38.0 Å². The molecule has 1 aliphatic carbocycles. The number of aromatic nitrogens is 2. The van der Waals surface area contributed by atoms with Gasteiger partial charge in [0.25, 0.3) is 0 Å². The van der Waals surface area contributed by atoms with Crippen LogP contribution in [0.2, 0.25) is 0 Å². The Hall–Kier alpha value is -0.350. The summed E-state index contributed by atoms with van der Waals surface area (Å²) in [6.45, 7) is 1.02. The summed E-state index contributed by atoms with van der Waals surface area (Å²) in [6, 6.07) is 0. The Labute approximate surface area is 104 Å². The smallest absolute Gasteiger partial charge is 0.130 e. The van der Waals surface area contributed by atoms with Crippen LogP contribution >= 0.6 is 15.9 Å². The van der Waals surface area contributed by atoms with Gasteiger partial charge in [0.2, 0.25) is 0 Å². The van der Waals surface area contributed by atoms with Crippen LogP contribution < -0.4 is 0 Å². The summed E-state index contributed by atoms with van der Waals surface area (Å²) in [4.78, 5) is 4.64. The lowest BCUT2D eigenvalue weighted by Crippen LogP contribution is -2.18. The first-order chi connectivity index (χ1) is 7.77. The Morgan fingerprint density at radius 2 is 1.94 bits per heavy atom. The van der Waals surface area contributed by atoms with Crippen LogP contribution in [0.4, 0.5) is 0 Å². The highest BCUT2D eigenvalue weighted by Crippen LogP contribution is 2.39. The summed E-state index contributed by atoms with van der Waals surface area (Å²) in [5, 5.41) is 10.0. The van der Waals surface area contributed by atoms with Crippen molar-refractivity contribution in [3.63, 3.8) is 0 Å². The van der Waals surface area contributed by atoms with E-state index in [0.29, 0.717) is 5.92 Å². The van der Waals surface area contributed by atoms with Crippen molar-refractivity contribution in [3.8, 4) is 0 Å². The van der Waals surface area contributed by atoms with Crippen LogP contribution in [-0.2, 0) is 6.54 Å². The van der Waals surface area contributed by atoms with E-state index in [4.69, 9.17) is 0 Å². The van der Waals surface area contributed by atoms with Gasteiger partial charge in [0, 0.05) is 12.5 Å². The van der Waals surface area contributed by atoms with Crippen LogP contribution in [0.3, 0.4) is 0 Å². The van der Waals surface area contributed by atoms with Crippen molar-refractivity contribution in [1.29, 1.82) is 0 Å². The normalized spacial score (nSPS) is 26.0. The second-order valence-electron chi connectivity index (χ2n) is 4.94. The number of aliphatic hydroxyl groups excluding tert-OH is 1. The molecule has 88 valence electrons. The first kappa shape index (κ1) is 10.8. The van der Waals surface area contributed by atoms with E-state index in [0.717, 1.165) is 29.7 Å². The van der Waals surface area contributed by atoms with Gasteiger partial charge < -0.3 is 9.67 Å². The Morgan fingerprint density at radius 3 is 2.69 bits per heavy atom. The molecular formula is C12H17BrN2O. The predicted octanol–water partition coefficient (Wildman–Crippen LogP) is 3.13. The van der Waals surface area contributed by atoms with Gasteiger partial charge in [-0.05, 0) is 41.6 Å². The highest BCUT2D eigenvalue weighted by atomic mass is 79.9. The second kappa shape index (κ2) is 4.15. The quantitative estimate of drug-likeness (QED) is 0.860. The fraction of sp³-hybridized carbons (Fsp3) is 0.750. The van der Waals surface area contributed by atoms with Crippen LogP contribution in [0.5, 0.6) is 0 Å². The summed E-state index contributed by atoms with van der Waals surface area (Å²) in [7, 11) is 0. The zero-order valence-corrected chi connectivity index (χ0v) is 10.9. The van der Waals surface area contributed by atoms with Gasteiger partial charge in [-0.25, -0.2) is 4.98 Å². The van der Waals surface area contributed by atoms with Crippen molar-refractivity contribution in [1.82, 2.24) is 9.55 Å². The Balaban J connectivity index is 2.02. The van der Waals surface area contributed by atoms with Crippen molar-refractivity contribution < 1.29 is 5.11 Å². The van der Waals surface area contributed by atoms with Gasteiger partial charge in [-0.2, -0.15) is 0 Å². The molecule has 1 aromatic heterocycles. The number of fused-ring (bicyclic) bond motifs is 1. The number of hydrogen-bond acceptors (Lipinski definition) is 2. The average molecular weight is 285 g/mol. The van der Waals surface area contributed by atoms with Gasteiger partial charge in [0.15, 0.2) is 0 Å². The van der Waals surface area contributed by atoms with Gasteiger partial charge in [-0.1, -0.05) is 12.8 Å². The summed E-state index contributed by atoms with van der Waals surface area (Å²) in [6.07, 6.45) is 6.79. The molecule has 1 saturated carbocycles. The third-order valence-electron chi connectivity index (χ3n) is 3.89. The lowest BCUT2D eigenvalue weighted by molar-refractivity contribution is 0.137. The predicted molar refractivity (Wildman–Crippen MR) is 65.3 cm³/mol. The number of halogens is 1. The molecule has 0 radical (unpaired) electrons. The van der Waals surface area contributed by atoms with E-state index in [9.17, 15) is 5.11 Å². The first-order valence-electron chi connectivity index (χ1n) is 6.21. The minimum absolute atomic E-state index is 0.328. The third kappa shape index (κ3) is 1.63. The van der Waals surface area contributed by atoms with Gasteiger partial charge in [0.1, 0.15) is 10.4 Å². The second-order valence-corrected chi connectivity index (χ2v) is 5.69. The molecule has 0 amide bonds. The van der Waals surface area contributed by atoms with E-state index >= 15 is 0 Å². The van der Waals surface area contributed by atoms with Crippen molar-refractivity contribution in [2.45, 2.75) is 57.1 Å². The molecule has 1 N–H and O–H groups in total. The molecule has 1 fully saturated rings. The zero-order chi connectivity index (χ0) is 11.1. The maximum Gasteiger partial charge on any atom is 0.130 e. The molecule has 2 heterocycles. The molecule has 0 aromatic carbocycles. The lowest BCUT2D eigenvalue weighted by atomic mass is 10.0. The number of hydrogen-bond donors (Lipinski definition) is 1. The van der Waals surface area contributed by atoms with E-state index in [2.05, 4.69) is 25.5 Å². The SMILES string of the molecule is OC1CCCn2c(C3CCCC3)nc(Br)c21. The number of aliphatic hydroxyl groups is 1. The maximum atomic E-state index is 10.0. The summed E-state index contributed by atoms with van der Waals surface area (Å²) < 4.78 is 3.12. The highest BCUT2D eigenvalue weighted by molar-refractivity contribution is 9.10. The van der Waals surface area contributed by atoms with Crippen molar-refractivity contribution >= 4 is 15.9 Å². The summed E-state index contributed by atoms with van der Waals surface area (Å²) >= 11 is 3.50. The van der Waals surface area contributed by atoms with Crippen LogP contribution in [0.15, 0.2) is 4.60 Å². The molecule has 1 unspecified atom stereocenters. The van der Waals surface area contributed by atoms with Gasteiger partial charge in [-0.3, -0.25) is 0 Å². The molecule has 0 saturated heterocycles. The van der Waals surface area contributed by atoms with Crippen LogP contribution in [0.25, 0.3) is 0 Å². The van der Waals surface area contributed by atoms with Crippen LogP contribution in [-0.4, -0.2) is 14.7 Å². The van der Waals surface area contributed by atoms with Crippen LogP contribution in [0, 0.1) is 0 Å². The molecule has 2 aliphatic rings.